The average Bonchev–Trinajstić information content (AvgIpc) is 2.36. The summed E-state index contributed by atoms with van der Waals surface area (Å²) in [6.45, 7) is 0. The van der Waals surface area contributed by atoms with Crippen LogP contribution in [0.2, 0.25) is 0 Å². The summed E-state index contributed by atoms with van der Waals surface area (Å²) >= 11 is 3.40. The number of rotatable bonds is 3. The number of aromatic nitrogens is 2. The molecule has 84 valence electrons. The van der Waals surface area contributed by atoms with Gasteiger partial charge in [-0.2, -0.15) is 0 Å². The summed E-state index contributed by atoms with van der Waals surface area (Å²) < 4.78 is 10.5. The van der Waals surface area contributed by atoms with Crippen molar-refractivity contribution in [2.75, 3.05) is 14.2 Å². The molecule has 5 heteroatoms. The van der Waals surface area contributed by atoms with Gasteiger partial charge in [-0.05, 0) is 6.07 Å². The average molecular weight is 283 g/mol. The van der Waals surface area contributed by atoms with Gasteiger partial charge in [0.25, 0.3) is 0 Å². The fraction of sp³-hybridized carbons (Fsp3) is 0.273. The summed E-state index contributed by atoms with van der Waals surface area (Å²) in [7, 11) is 3.22. The van der Waals surface area contributed by atoms with E-state index in [1.807, 2.05) is 12.1 Å². The van der Waals surface area contributed by atoms with Gasteiger partial charge >= 0.3 is 0 Å². The van der Waals surface area contributed by atoms with Gasteiger partial charge in [0.1, 0.15) is 6.33 Å². The van der Waals surface area contributed by atoms with E-state index in [1.165, 1.54) is 0 Å². The Morgan fingerprint density at radius 1 is 1.12 bits per heavy atom. The van der Waals surface area contributed by atoms with E-state index in [0.717, 1.165) is 16.6 Å². The van der Waals surface area contributed by atoms with Crippen molar-refractivity contribution in [1.82, 2.24) is 9.97 Å². The van der Waals surface area contributed by atoms with E-state index >= 15 is 0 Å². The molecule has 0 spiro atoms. The maximum absolute atomic E-state index is 5.25. The monoisotopic (exact) mass is 282 g/mol. The Bertz CT molecular complexity index is 517. The van der Waals surface area contributed by atoms with Gasteiger partial charge in [-0.25, -0.2) is 9.97 Å². The third-order valence-corrected chi connectivity index (χ3v) is 2.88. The standard InChI is InChI=1S/C11H11BrN2O2/c1-15-10-3-7-8(4-11(10)16-2)13-6-14-9(7)5-12/h3-4,6H,5H2,1-2H3. The van der Waals surface area contributed by atoms with E-state index in [0.29, 0.717) is 16.8 Å². The first-order valence-corrected chi connectivity index (χ1v) is 5.84. The predicted octanol–water partition coefficient (Wildman–Crippen LogP) is 2.54. The molecule has 2 aromatic rings. The number of nitrogens with zero attached hydrogens (tertiary/aromatic N) is 2. The van der Waals surface area contributed by atoms with Crippen LogP contribution in [0.4, 0.5) is 0 Å². The highest BCUT2D eigenvalue weighted by Crippen LogP contribution is 2.32. The van der Waals surface area contributed by atoms with Crippen molar-refractivity contribution in [2.24, 2.45) is 0 Å². The van der Waals surface area contributed by atoms with E-state index in [9.17, 15) is 0 Å². The van der Waals surface area contributed by atoms with Crippen molar-refractivity contribution >= 4 is 26.8 Å². The van der Waals surface area contributed by atoms with Gasteiger partial charge in [0.2, 0.25) is 0 Å². The molecule has 0 amide bonds. The van der Waals surface area contributed by atoms with E-state index in [1.54, 1.807) is 20.5 Å². The smallest absolute Gasteiger partial charge is 0.162 e. The summed E-state index contributed by atoms with van der Waals surface area (Å²) in [5.74, 6) is 1.36. The quantitative estimate of drug-likeness (QED) is 0.812. The lowest BCUT2D eigenvalue weighted by Gasteiger charge is -2.09. The van der Waals surface area contributed by atoms with Crippen LogP contribution in [-0.2, 0) is 5.33 Å². The first-order valence-electron chi connectivity index (χ1n) is 4.71. The fourth-order valence-corrected chi connectivity index (χ4v) is 1.99. The number of alkyl halides is 1. The van der Waals surface area contributed by atoms with Crippen molar-refractivity contribution in [1.29, 1.82) is 0 Å². The Morgan fingerprint density at radius 2 is 1.81 bits per heavy atom. The van der Waals surface area contributed by atoms with E-state index < -0.39 is 0 Å². The van der Waals surface area contributed by atoms with Gasteiger partial charge in [-0.1, -0.05) is 15.9 Å². The van der Waals surface area contributed by atoms with Crippen LogP contribution in [-0.4, -0.2) is 24.2 Å². The van der Waals surface area contributed by atoms with Gasteiger partial charge in [0.15, 0.2) is 11.5 Å². The molecule has 2 rings (SSSR count). The number of ether oxygens (including phenoxy) is 2. The van der Waals surface area contributed by atoms with Crippen LogP contribution in [0.25, 0.3) is 10.9 Å². The maximum Gasteiger partial charge on any atom is 0.162 e. The molecule has 0 N–H and O–H groups in total. The van der Waals surface area contributed by atoms with Gasteiger partial charge in [0, 0.05) is 16.8 Å². The van der Waals surface area contributed by atoms with Crippen LogP contribution in [0, 0.1) is 0 Å². The second kappa shape index (κ2) is 4.65. The van der Waals surface area contributed by atoms with E-state index in [-0.39, 0.29) is 0 Å². The Hall–Kier alpha value is -1.36. The maximum atomic E-state index is 5.25. The fourth-order valence-electron chi connectivity index (χ4n) is 1.54. The highest BCUT2D eigenvalue weighted by Gasteiger charge is 2.09. The van der Waals surface area contributed by atoms with Gasteiger partial charge in [-0.15, -0.1) is 0 Å². The molecular formula is C11H11BrN2O2. The molecule has 1 heterocycles. The Labute approximate surface area is 102 Å². The van der Waals surface area contributed by atoms with Crippen LogP contribution in [0.5, 0.6) is 11.5 Å². The zero-order chi connectivity index (χ0) is 11.5. The highest BCUT2D eigenvalue weighted by atomic mass is 79.9. The van der Waals surface area contributed by atoms with Crippen molar-refractivity contribution < 1.29 is 9.47 Å². The minimum atomic E-state index is 0.675. The van der Waals surface area contributed by atoms with Gasteiger partial charge < -0.3 is 9.47 Å². The second-order valence-corrected chi connectivity index (χ2v) is 3.74. The molecule has 4 nitrogen and oxygen atoms in total. The molecule has 0 aliphatic carbocycles. The SMILES string of the molecule is COc1cc2ncnc(CBr)c2cc1OC. The normalized spacial score (nSPS) is 10.4. The Morgan fingerprint density at radius 3 is 2.44 bits per heavy atom. The largest absolute Gasteiger partial charge is 0.493 e. The molecule has 0 bridgehead atoms. The molecule has 0 atom stereocenters. The molecule has 1 aromatic carbocycles. The Balaban J connectivity index is 2.72. The van der Waals surface area contributed by atoms with Crippen molar-refractivity contribution in [2.45, 2.75) is 5.33 Å². The Kier molecular flexibility index (Phi) is 3.24. The van der Waals surface area contributed by atoms with Crippen LogP contribution in [0.15, 0.2) is 18.5 Å². The molecule has 0 aliphatic heterocycles. The first kappa shape index (κ1) is 11.1. The molecular weight excluding hydrogens is 272 g/mol. The summed E-state index contributed by atoms with van der Waals surface area (Å²) in [5, 5.41) is 1.65. The highest BCUT2D eigenvalue weighted by molar-refractivity contribution is 9.08. The first-order chi connectivity index (χ1) is 7.80. The summed E-state index contributed by atoms with van der Waals surface area (Å²) in [4.78, 5) is 8.41. The van der Waals surface area contributed by atoms with Crippen LogP contribution < -0.4 is 9.47 Å². The molecule has 0 fully saturated rings. The van der Waals surface area contributed by atoms with Crippen LogP contribution in [0.1, 0.15) is 5.69 Å². The third-order valence-electron chi connectivity index (χ3n) is 2.35. The number of hydrogen-bond donors (Lipinski definition) is 0. The van der Waals surface area contributed by atoms with E-state index in [4.69, 9.17) is 9.47 Å². The van der Waals surface area contributed by atoms with Crippen molar-refractivity contribution in [3.63, 3.8) is 0 Å². The van der Waals surface area contributed by atoms with Crippen molar-refractivity contribution in [3.8, 4) is 11.5 Å². The van der Waals surface area contributed by atoms with Crippen LogP contribution >= 0.6 is 15.9 Å². The summed E-state index contributed by atoms with van der Waals surface area (Å²) in [6.07, 6.45) is 1.55. The lowest BCUT2D eigenvalue weighted by atomic mass is 10.2. The molecule has 0 aliphatic rings. The topological polar surface area (TPSA) is 44.2 Å². The number of hydrogen-bond acceptors (Lipinski definition) is 4. The number of benzene rings is 1. The van der Waals surface area contributed by atoms with Gasteiger partial charge in [-0.3, -0.25) is 0 Å². The van der Waals surface area contributed by atoms with Crippen LogP contribution in [0.3, 0.4) is 0 Å². The van der Waals surface area contributed by atoms with Gasteiger partial charge in [0.05, 0.1) is 25.4 Å². The second-order valence-electron chi connectivity index (χ2n) is 3.18. The van der Waals surface area contributed by atoms with E-state index in [2.05, 4.69) is 25.9 Å². The lowest BCUT2D eigenvalue weighted by Crippen LogP contribution is -1.94. The zero-order valence-corrected chi connectivity index (χ0v) is 10.6. The number of methoxy groups -OCH3 is 2. The minimum Gasteiger partial charge on any atom is -0.493 e. The molecule has 0 unspecified atom stereocenters. The van der Waals surface area contributed by atoms with Crippen molar-refractivity contribution in [3.05, 3.63) is 24.2 Å². The minimum absolute atomic E-state index is 0.675. The summed E-state index contributed by atoms with van der Waals surface area (Å²) in [5.41, 5.74) is 1.79. The lowest BCUT2D eigenvalue weighted by molar-refractivity contribution is 0.355. The number of fused-ring (bicyclic) bond motifs is 1. The zero-order valence-electron chi connectivity index (χ0n) is 9.03. The molecule has 16 heavy (non-hydrogen) atoms. The molecule has 0 saturated heterocycles. The molecule has 0 radical (unpaired) electrons. The summed E-state index contributed by atoms with van der Waals surface area (Å²) in [6, 6.07) is 3.74. The third kappa shape index (κ3) is 1.82. The molecule has 0 saturated carbocycles. The molecule has 1 aromatic heterocycles. The number of halogens is 1. The predicted molar refractivity (Wildman–Crippen MR) is 65.3 cm³/mol.